The second-order valence-electron chi connectivity index (χ2n) is 5.14. The number of carbonyl (C=O) groups excluding carboxylic acids is 1. The first-order valence-electron chi connectivity index (χ1n) is 7.26. The SMILES string of the molecule is COc1cccc(CC(=O)Nc2nnc(-c3sc(C)nc3C)o2)c1. The van der Waals surface area contributed by atoms with Crippen LogP contribution in [0.3, 0.4) is 0 Å². The van der Waals surface area contributed by atoms with Crippen molar-refractivity contribution < 1.29 is 13.9 Å². The van der Waals surface area contributed by atoms with Crippen LogP contribution in [0.15, 0.2) is 28.7 Å². The second kappa shape index (κ2) is 6.79. The summed E-state index contributed by atoms with van der Waals surface area (Å²) in [5.41, 5.74) is 1.66. The summed E-state index contributed by atoms with van der Waals surface area (Å²) in [5, 5.41) is 11.4. The minimum Gasteiger partial charge on any atom is -0.497 e. The van der Waals surface area contributed by atoms with Crippen molar-refractivity contribution in [3.8, 4) is 16.5 Å². The highest BCUT2D eigenvalue weighted by atomic mass is 32.1. The lowest BCUT2D eigenvalue weighted by molar-refractivity contribution is -0.115. The third-order valence-corrected chi connectivity index (χ3v) is 4.33. The van der Waals surface area contributed by atoms with E-state index in [1.54, 1.807) is 7.11 Å². The summed E-state index contributed by atoms with van der Waals surface area (Å²) in [4.78, 5) is 17.2. The minimum atomic E-state index is -0.240. The van der Waals surface area contributed by atoms with Crippen molar-refractivity contribution in [2.45, 2.75) is 20.3 Å². The highest BCUT2D eigenvalue weighted by molar-refractivity contribution is 7.15. The number of hydrogen-bond acceptors (Lipinski definition) is 7. The summed E-state index contributed by atoms with van der Waals surface area (Å²) >= 11 is 1.47. The van der Waals surface area contributed by atoms with Gasteiger partial charge in [0.25, 0.3) is 5.89 Å². The van der Waals surface area contributed by atoms with Crippen LogP contribution in [0.25, 0.3) is 10.8 Å². The number of aromatic nitrogens is 3. The van der Waals surface area contributed by atoms with Gasteiger partial charge in [0.1, 0.15) is 10.6 Å². The molecule has 0 spiro atoms. The van der Waals surface area contributed by atoms with Crippen LogP contribution in [0.1, 0.15) is 16.3 Å². The summed E-state index contributed by atoms with van der Waals surface area (Å²) in [6, 6.07) is 7.39. The molecule has 0 aliphatic rings. The summed E-state index contributed by atoms with van der Waals surface area (Å²) in [6.07, 6.45) is 0.188. The van der Waals surface area contributed by atoms with Crippen LogP contribution in [-0.4, -0.2) is 28.2 Å². The molecule has 0 saturated carbocycles. The molecule has 0 saturated heterocycles. The molecule has 8 heteroatoms. The van der Waals surface area contributed by atoms with Crippen LogP contribution in [0, 0.1) is 13.8 Å². The van der Waals surface area contributed by atoms with E-state index in [9.17, 15) is 4.79 Å². The molecular formula is C16H16N4O3S. The van der Waals surface area contributed by atoms with Crippen molar-refractivity contribution in [1.29, 1.82) is 0 Å². The van der Waals surface area contributed by atoms with Gasteiger partial charge in [-0.25, -0.2) is 4.98 Å². The number of nitrogens with zero attached hydrogens (tertiary/aromatic N) is 3. The van der Waals surface area contributed by atoms with Crippen LogP contribution in [0.2, 0.25) is 0 Å². The van der Waals surface area contributed by atoms with Gasteiger partial charge in [0.05, 0.1) is 24.2 Å². The number of anilines is 1. The Hall–Kier alpha value is -2.74. The number of carbonyl (C=O) groups is 1. The monoisotopic (exact) mass is 344 g/mol. The largest absolute Gasteiger partial charge is 0.497 e. The Morgan fingerprint density at radius 2 is 2.17 bits per heavy atom. The average Bonchev–Trinajstić information content (AvgIpc) is 3.13. The van der Waals surface area contributed by atoms with E-state index in [2.05, 4.69) is 20.5 Å². The minimum absolute atomic E-state index is 0.0725. The van der Waals surface area contributed by atoms with Gasteiger partial charge < -0.3 is 9.15 Å². The van der Waals surface area contributed by atoms with Crippen LogP contribution in [-0.2, 0) is 11.2 Å². The van der Waals surface area contributed by atoms with Gasteiger partial charge in [-0.3, -0.25) is 10.1 Å². The molecule has 7 nitrogen and oxygen atoms in total. The normalized spacial score (nSPS) is 10.6. The Balaban J connectivity index is 1.68. The molecule has 3 aromatic rings. The maximum atomic E-state index is 12.1. The zero-order chi connectivity index (χ0) is 17.1. The molecule has 0 fully saturated rings. The number of methoxy groups -OCH3 is 1. The number of rotatable bonds is 5. The van der Waals surface area contributed by atoms with Gasteiger partial charge in [-0.2, -0.15) is 0 Å². The fourth-order valence-electron chi connectivity index (χ4n) is 2.23. The summed E-state index contributed by atoms with van der Waals surface area (Å²) in [7, 11) is 1.59. The van der Waals surface area contributed by atoms with E-state index < -0.39 is 0 Å². The fraction of sp³-hybridized carbons (Fsp3) is 0.250. The Morgan fingerprint density at radius 1 is 1.33 bits per heavy atom. The van der Waals surface area contributed by atoms with Crippen molar-refractivity contribution in [2.24, 2.45) is 0 Å². The number of hydrogen-bond donors (Lipinski definition) is 1. The third-order valence-electron chi connectivity index (χ3n) is 3.27. The van der Waals surface area contributed by atoms with Crippen molar-refractivity contribution >= 4 is 23.3 Å². The van der Waals surface area contributed by atoms with Crippen molar-refractivity contribution in [1.82, 2.24) is 15.2 Å². The highest BCUT2D eigenvalue weighted by Crippen LogP contribution is 2.29. The maximum absolute atomic E-state index is 12.1. The predicted molar refractivity (Wildman–Crippen MR) is 90.2 cm³/mol. The molecule has 0 unspecified atom stereocenters. The Labute approximate surface area is 142 Å². The van der Waals surface area contributed by atoms with Gasteiger partial charge in [-0.1, -0.05) is 17.2 Å². The van der Waals surface area contributed by atoms with E-state index in [1.165, 1.54) is 11.3 Å². The molecule has 0 bridgehead atoms. The molecule has 24 heavy (non-hydrogen) atoms. The molecular weight excluding hydrogens is 328 g/mol. The zero-order valence-electron chi connectivity index (χ0n) is 13.5. The van der Waals surface area contributed by atoms with Crippen LogP contribution >= 0.6 is 11.3 Å². The van der Waals surface area contributed by atoms with E-state index >= 15 is 0 Å². The number of thiazole rings is 1. The molecule has 0 radical (unpaired) electrons. The number of aryl methyl sites for hydroxylation is 2. The molecule has 2 heterocycles. The summed E-state index contributed by atoms with van der Waals surface area (Å²) in [6.45, 7) is 3.79. The third kappa shape index (κ3) is 3.60. The van der Waals surface area contributed by atoms with E-state index in [0.717, 1.165) is 21.1 Å². The summed E-state index contributed by atoms with van der Waals surface area (Å²) in [5.74, 6) is 0.821. The van der Waals surface area contributed by atoms with Crippen molar-refractivity contribution in [2.75, 3.05) is 12.4 Å². The molecule has 1 aromatic carbocycles. The van der Waals surface area contributed by atoms with Gasteiger partial charge >= 0.3 is 6.01 Å². The molecule has 1 amide bonds. The number of benzene rings is 1. The van der Waals surface area contributed by atoms with Crippen molar-refractivity contribution in [3.63, 3.8) is 0 Å². The second-order valence-corrected chi connectivity index (χ2v) is 6.34. The van der Waals surface area contributed by atoms with E-state index in [0.29, 0.717) is 11.6 Å². The lowest BCUT2D eigenvalue weighted by Crippen LogP contribution is -2.14. The topological polar surface area (TPSA) is 90.1 Å². The first-order chi connectivity index (χ1) is 11.5. The number of amides is 1. The summed E-state index contributed by atoms with van der Waals surface area (Å²) < 4.78 is 10.7. The van der Waals surface area contributed by atoms with Gasteiger partial charge in [0.15, 0.2) is 0 Å². The van der Waals surface area contributed by atoms with Gasteiger partial charge in [-0.05, 0) is 31.5 Å². The standard InChI is InChI=1S/C16H16N4O3S/c1-9-14(24-10(2)17-9)15-19-20-16(23-15)18-13(21)8-11-5-4-6-12(7-11)22-3/h4-7H,8H2,1-3H3,(H,18,20,21). The molecule has 1 N–H and O–H groups in total. The van der Waals surface area contributed by atoms with Crippen LogP contribution in [0.4, 0.5) is 6.01 Å². The zero-order valence-corrected chi connectivity index (χ0v) is 14.3. The van der Waals surface area contributed by atoms with E-state index in [-0.39, 0.29) is 18.3 Å². The highest BCUT2D eigenvalue weighted by Gasteiger charge is 2.16. The van der Waals surface area contributed by atoms with E-state index in [4.69, 9.17) is 9.15 Å². The van der Waals surface area contributed by atoms with Crippen LogP contribution < -0.4 is 10.1 Å². The lowest BCUT2D eigenvalue weighted by atomic mass is 10.1. The van der Waals surface area contributed by atoms with Gasteiger partial charge in [0.2, 0.25) is 5.91 Å². The average molecular weight is 344 g/mol. The lowest BCUT2D eigenvalue weighted by Gasteiger charge is -2.03. The Kier molecular flexibility index (Phi) is 4.57. The first-order valence-corrected chi connectivity index (χ1v) is 8.07. The molecule has 2 aromatic heterocycles. The molecule has 0 aliphatic heterocycles. The first kappa shape index (κ1) is 16.1. The van der Waals surface area contributed by atoms with Crippen LogP contribution in [0.5, 0.6) is 5.75 Å². The predicted octanol–water partition coefficient (Wildman–Crippen LogP) is 3.00. The van der Waals surface area contributed by atoms with E-state index in [1.807, 2.05) is 38.1 Å². The Bertz CT molecular complexity index is 872. The van der Waals surface area contributed by atoms with Gasteiger partial charge in [-0.15, -0.1) is 16.4 Å². The maximum Gasteiger partial charge on any atom is 0.322 e. The van der Waals surface area contributed by atoms with Crippen molar-refractivity contribution in [3.05, 3.63) is 40.5 Å². The fourth-order valence-corrected chi connectivity index (χ4v) is 3.07. The Morgan fingerprint density at radius 3 is 2.88 bits per heavy atom. The number of ether oxygens (including phenoxy) is 1. The molecule has 0 aliphatic carbocycles. The molecule has 3 rings (SSSR count). The molecule has 124 valence electrons. The van der Waals surface area contributed by atoms with Gasteiger partial charge in [0, 0.05) is 0 Å². The smallest absolute Gasteiger partial charge is 0.322 e. The number of nitrogens with one attached hydrogen (secondary N) is 1. The quantitative estimate of drug-likeness (QED) is 0.765. The molecule has 0 atom stereocenters.